The van der Waals surface area contributed by atoms with E-state index >= 15 is 0 Å². The van der Waals surface area contributed by atoms with Crippen LogP contribution >= 0.6 is 11.6 Å². The first-order chi connectivity index (χ1) is 8.06. The van der Waals surface area contributed by atoms with Gasteiger partial charge < -0.3 is 5.73 Å². The summed E-state index contributed by atoms with van der Waals surface area (Å²) in [6.07, 6.45) is 1.02. The molecular formula is C13H18ClFN2. The standard InChI is InChI=1S/C13H18ClFN2/c1-9-7-17(5-4-13(9)16)8-10-2-3-12(15)11(14)6-10/h2-3,6,9,13H,4-5,7-8,16H2,1H3. The Balaban J connectivity index is 1.99. The van der Waals surface area contributed by atoms with E-state index in [1.807, 2.05) is 0 Å². The summed E-state index contributed by atoms with van der Waals surface area (Å²) in [4.78, 5) is 2.34. The molecule has 2 rings (SSSR count). The van der Waals surface area contributed by atoms with Crippen molar-refractivity contribution in [3.63, 3.8) is 0 Å². The summed E-state index contributed by atoms with van der Waals surface area (Å²) >= 11 is 5.77. The summed E-state index contributed by atoms with van der Waals surface area (Å²) in [5, 5.41) is 0.198. The maximum Gasteiger partial charge on any atom is 0.141 e. The SMILES string of the molecule is CC1CN(Cc2ccc(F)c(Cl)c2)CCC1N. The molecule has 1 saturated heterocycles. The molecule has 0 saturated carbocycles. The lowest BCUT2D eigenvalue weighted by Gasteiger charge is -2.35. The molecule has 1 aliphatic heterocycles. The number of nitrogens with two attached hydrogens (primary N) is 1. The van der Waals surface area contributed by atoms with Crippen molar-refractivity contribution in [1.82, 2.24) is 4.90 Å². The van der Waals surface area contributed by atoms with Gasteiger partial charge in [0.15, 0.2) is 0 Å². The zero-order valence-electron chi connectivity index (χ0n) is 10.00. The molecule has 94 valence electrons. The second kappa shape index (κ2) is 5.34. The van der Waals surface area contributed by atoms with E-state index in [1.165, 1.54) is 6.07 Å². The maximum absolute atomic E-state index is 13.0. The molecule has 0 aliphatic carbocycles. The smallest absolute Gasteiger partial charge is 0.141 e. The minimum absolute atomic E-state index is 0.198. The van der Waals surface area contributed by atoms with Crippen molar-refractivity contribution in [2.75, 3.05) is 13.1 Å². The number of hydrogen-bond donors (Lipinski definition) is 1. The molecule has 2 N–H and O–H groups in total. The van der Waals surface area contributed by atoms with E-state index < -0.39 is 0 Å². The van der Waals surface area contributed by atoms with Crippen LogP contribution in [0.2, 0.25) is 5.02 Å². The quantitative estimate of drug-likeness (QED) is 0.882. The first-order valence-corrected chi connectivity index (χ1v) is 6.36. The first kappa shape index (κ1) is 12.8. The van der Waals surface area contributed by atoms with Gasteiger partial charge in [-0.15, -0.1) is 0 Å². The molecule has 17 heavy (non-hydrogen) atoms. The Bertz CT molecular complexity index is 397. The van der Waals surface area contributed by atoms with Crippen molar-refractivity contribution in [1.29, 1.82) is 0 Å². The summed E-state index contributed by atoms with van der Waals surface area (Å²) in [6.45, 7) is 4.99. The number of benzene rings is 1. The molecule has 1 aromatic rings. The normalized spacial score (nSPS) is 26.1. The molecule has 2 nitrogen and oxygen atoms in total. The van der Waals surface area contributed by atoms with Crippen molar-refractivity contribution in [2.24, 2.45) is 11.7 Å². The van der Waals surface area contributed by atoms with E-state index in [-0.39, 0.29) is 10.8 Å². The molecule has 0 spiro atoms. The zero-order valence-corrected chi connectivity index (χ0v) is 10.8. The topological polar surface area (TPSA) is 29.3 Å². The van der Waals surface area contributed by atoms with Crippen molar-refractivity contribution < 1.29 is 4.39 Å². The van der Waals surface area contributed by atoms with Crippen LogP contribution in [-0.2, 0) is 6.54 Å². The Kier molecular flexibility index (Phi) is 4.02. The molecule has 2 atom stereocenters. The van der Waals surface area contributed by atoms with E-state index in [2.05, 4.69) is 11.8 Å². The molecule has 0 amide bonds. The van der Waals surface area contributed by atoms with Crippen LogP contribution in [0.4, 0.5) is 4.39 Å². The van der Waals surface area contributed by atoms with Gasteiger partial charge >= 0.3 is 0 Å². The Labute approximate surface area is 107 Å². The number of piperidine rings is 1. The zero-order chi connectivity index (χ0) is 12.4. The Morgan fingerprint density at radius 2 is 2.29 bits per heavy atom. The number of halogens is 2. The molecule has 1 aliphatic rings. The minimum Gasteiger partial charge on any atom is -0.327 e. The van der Waals surface area contributed by atoms with Crippen LogP contribution in [0.5, 0.6) is 0 Å². The second-order valence-electron chi connectivity index (χ2n) is 4.91. The van der Waals surface area contributed by atoms with Gasteiger partial charge in [-0.2, -0.15) is 0 Å². The van der Waals surface area contributed by atoms with Gasteiger partial charge in [0.25, 0.3) is 0 Å². The summed E-state index contributed by atoms with van der Waals surface area (Å²) in [6, 6.07) is 5.23. The van der Waals surface area contributed by atoms with Gasteiger partial charge in [-0.25, -0.2) is 4.39 Å². The molecule has 1 fully saturated rings. The van der Waals surface area contributed by atoms with Gasteiger partial charge in [-0.05, 0) is 36.6 Å². The van der Waals surface area contributed by atoms with Gasteiger partial charge in [0.1, 0.15) is 5.82 Å². The lowest BCUT2D eigenvalue weighted by Crippen LogP contribution is -2.45. The Morgan fingerprint density at radius 1 is 1.53 bits per heavy atom. The molecule has 2 unspecified atom stereocenters. The van der Waals surface area contributed by atoms with E-state index in [0.29, 0.717) is 12.0 Å². The van der Waals surface area contributed by atoms with Crippen LogP contribution in [0.1, 0.15) is 18.9 Å². The van der Waals surface area contributed by atoms with Crippen LogP contribution in [-0.4, -0.2) is 24.0 Å². The largest absolute Gasteiger partial charge is 0.327 e. The highest BCUT2D eigenvalue weighted by Gasteiger charge is 2.22. The van der Waals surface area contributed by atoms with Gasteiger partial charge in [0.2, 0.25) is 0 Å². The molecular weight excluding hydrogens is 239 g/mol. The van der Waals surface area contributed by atoms with Gasteiger partial charge in [-0.1, -0.05) is 24.6 Å². The molecule has 1 aromatic carbocycles. The molecule has 4 heteroatoms. The summed E-state index contributed by atoms with van der Waals surface area (Å²) in [7, 11) is 0. The van der Waals surface area contributed by atoms with Gasteiger partial charge in [0, 0.05) is 19.1 Å². The Hall–Kier alpha value is -0.640. The van der Waals surface area contributed by atoms with Crippen LogP contribution < -0.4 is 5.73 Å². The van der Waals surface area contributed by atoms with Crippen molar-refractivity contribution in [3.8, 4) is 0 Å². The molecule has 0 aromatic heterocycles. The fourth-order valence-corrected chi connectivity index (χ4v) is 2.49. The third-order valence-electron chi connectivity index (χ3n) is 3.45. The van der Waals surface area contributed by atoms with E-state index in [1.54, 1.807) is 12.1 Å². The van der Waals surface area contributed by atoms with Crippen LogP contribution in [0.15, 0.2) is 18.2 Å². The predicted molar refractivity (Wildman–Crippen MR) is 68.4 cm³/mol. The lowest BCUT2D eigenvalue weighted by molar-refractivity contribution is 0.158. The van der Waals surface area contributed by atoms with Crippen molar-refractivity contribution in [2.45, 2.75) is 25.9 Å². The number of nitrogens with zero attached hydrogens (tertiary/aromatic N) is 1. The second-order valence-corrected chi connectivity index (χ2v) is 5.32. The maximum atomic E-state index is 13.0. The van der Waals surface area contributed by atoms with E-state index in [9.17, 15) is 4.39 Å². The van der Waals surface area contributed by atoms with Gasteiger partial charge in [-0.3, -0.25) is 4.90 Å². The third kappa shape index (κ3) is 3.18. The molecule has 0 radical (unpaired) electrons. The average molecular weight is 257 g/mol. The van der Waals surface area contributed by atoms with E-state index in [4.69, 9.17) is 17.3 Å². The minimum atomic E-state index is -0.357. The van der Waals surface area contributed by atoms with E-state index in [0.717, 1.165) is 31.6 Å². The summed E-state index contributed by atoms with van der Waals surface area (Å²) in [5.74, 6) is 0.157. The highest BCUT2D eigenvalue weighted by molar-refractivity contribution is 6.30. The van der Waals surface area contributed by atoms with Crippen molar-refractivity contribution >= 4 is 11.6 Å². The lowest BCUT2D eigenvalue weighted by atomic mass is 9.94. The number of likely N-dealkylation sites (tertiary alicyclic amines) is 1. The highest BCUT2D eigenvalue weighted by Crippen LogP contribution is 2.20. The molecule has 0 bridgehead atoms. The van der Waals surface area contributed by atoms with Crippen LogP contribution in [0.3, 0.4) is 0 Å². The fourth-order valence-electron chi connectivity index (χ4n) is 2.29. The van der Waals surface area contributed by atoms with Crippen LogP contribution in [0.25, 0.3) is 0 Å². The third-order valence-corrected chi connectivity index (χ3v) is 3.74. The van der Waals surface area contributed by atoms with Gasteiger partial charge in [0.05, 0.1) is 5.02 Å². The highest BCUT2D eigenvalue weighted by atomic mass is 35.5. The number of hydrogen-bond acceptors (Lipinski definition) is 2. The first-order valence-electron chi connectivity index (χ1n) is 5.98. The predicted octanol–water partition coefficient (Wildman–Crippen LogP) is 2.65. The average Bonchev–Trinajstić information content (AvgIpc) is 2.29. The monoisotopic (exact) mass is 256 g/mol. The number of rotatable bonds is 2. The summed E-state index contributed by atoms with van der Waals surface area (Å²) < 4.78 is 13.0. The van der Waals surface area contributed by atoms with Crippen molar-refractivity contribution in [3.05, 3.63) is 34.6 Å². The fraction of sp³-hybridized carbons (Fsp3) is 0.538. The molecule has 1 heterocycles. The Morgan fingerprint density at radius 3 is 2.94 bits per heavy atom. The van der Waals surface area contributed by atoms with Crippen LogP contribution in [0, 0.1) is 11.7 Å². The summed E-state index contributed by atoms with van der Waals surface area (Å²) in [5.41, 5.74) is 7.04.